The molecule has 0 aromatic heterocycles. The van der Waals surface area contributed by atoms with E-state index in [4.69, 9.17) is 10.5 Å². The van der Waals surface area contributed by atoms with Gasteiger partial charge >= 0.3 is 0 Å². The summed E-state index contributed by atoms with van der Waals surface area (Å²) in [6.45, 7) is -0.352. The number of amides is 4. The van der Waals surface area contributed by atoms with Gasteiger partial charge in [0.05, 0.1) is 13.0 Å². The first-order valence-corrected chi connectivity index (χ1v) is 18.8. The molecule has 1 unspecified atom stereocenters. The molecule has 0 aliphatic carbocycles. The minimum Gasteiger partial charge on any atom is -0.394 e. The Morgan fingerprint density at radius 2 is 1.21 bits per heavy atom. The topological polar surface area (TPSA) is 233 Å². The van der Waals surface area contributed by atoms with Gasteiger partial charge in [0.1, 0.15) is 42.5 Å². The van der Waals surface area contributed by atoms with Gasteiger partial charge in [-0.3, -0.25) is 19.2 Å². The number of hydrogen-bond donors (Lipinski definition) is 9. The van der Waals surface area contributed by atoms with Gasteiger partial charge in [-0.2, -0.15) is 0 Å². The number of unbranched alkanes of at least 4 members (excludes halogenated alkanes) is 1. The molecule has 1 aliphatic rings. The van der Waals surface area contributed by atoms with E-state index in [9.17, 15) is 39.6 Å². The predicted molar refractivity (Wildman–Crippen MR) is 209 cm³/mol. The first-order chi connectivity index (χ1) is 27.1. The molecule has 1 aliphatic heterocycles. The van der Waals surface area contributed by atoms with Gasteiger partial charge in [-0.05, 0) is 53.3 Å². The van der Waals surface area contributed by atoms with Crippen LogP contribution in [-0.2, 0) is 43.2 Å². The van der Waals surface area contributed by atoms with Gasteiger partial charge in [0, 0.05) is 12.8 Å². The third kappa shape index (κ3) is 11.6. The van der Waals surface area contributed by atoms with Gasteiger partial charge in [0.2, 0.25) is 23.6 Å². The summed E-state index contributed by atoms with van der Waals surface area (Å²) in [5.41, 5.74) is 7.96. The largest absolute Gasteiger partial charge is 0.394 e. The van der Waals surface area contributed by atoms with Gasteiger partial charge in [-0.25, -0.2) is 0 Å². The summed E-state index contributed by atoms with van der Waals surface area (Å²) in [6.07, 6.45) is -5.08. The highest BCUT2D eigenvalue weighted by atomic mass is 16.6. The van der Waals surface area contributed by atoms with E-state index in [1.165, 1.54) is 0 Å². The molecule has 0 bridgehead atoms. The Morgan fingerprint density at radius 1 is 0.643 bits per heavy atom. The maximum absolute atomic E-state index is 14.2. The number of carbonyl (C=O) groups is 4. The fourth-order valence-corrected chi connectivity index (χ4v) is 6.72. The minimum absolute atomic E-state index is 0.0179. The van der Waals surface area contributed by atoms with Crippen molar-refractivity contribution in [3.05, 3.63) is 120 Å². The van der Waals surface area contributed by atoms with Gasteiger partial charge in [0.15, 0.2) is 6.29 Å². The van der Waals surface area contributed by atoms with E-state index in [-0.39, 0.29) is 31.6 Å². The standard InChI is InChI=1S/C42H51N5O9/c43-20-10-9-17-31(39(52)47-36-38(51)37(50)34(25-48)56-42(36)55)45-41(54)33(23-27-13-5-2-6-14-27)46-40(53)32(22-26-11-3-1-4-12-26)44-35(49)24-28-18-19-29-15-7-8-16-30(29)21-28/h1-8,11-16,18-19,21,31-34,36-38,42,48,50-51,55H,9-10,17,20,22-25,43H2,(H,44,49)(H,45,54)(H,46,53)(H,47,52)/t31-,32-,33-,34-,36-,37-,38-,42?/m1/s1. The lowest BCUT2D eigenvalue weighted by Crippen LogP contribution is -2.66. The van der Waals surface area contributed by atoms with Crippen molar-refractivity contribution in [3.8, 4) is 0 Å². The highest BCUT2D eigenvalue weighted by Crippen LogP contribution is 2.21. The lowest BCUT2D eigenvalue weighted by atomic mass is 9.96. The summed E-state index contributed by atoms with van der Waals surface area (Å²) in [6, 6.07) is 26.7. The summed E-state index contributed by atoms with van der Waals surface area (Å²) in [7, 11) is 0. The zero-order valence-corrected chi connectivity index (χ0v) is 31.0. The summed E-state index contributed by atoms with van der Waals surface area (Å²) < 4.78 is 5.18. The van der Waals surface area contributed by atoms with E-state index < -0.39 is 73.1 Å². The molecule has 298 valence electrons. The first-order valence-electron chi connectivity index (χ1n) is 18.8. The monoisotopic (exact) mass is 769 g/mol. The van der Waals surface area contributed by atoms with Crippen molar-refractivity contribution in [2.75, 3.05) is 13.2 Å². The lowest BCUT2D eigenvalue weighted by molar-refractivity contribution is -0.254. The molecule has 10 N–H and O–H groups in total. The van der Waals surface area contributed by atoms with E-state index >= 15 is 0 Å². The SMILES string of the molecule is NCCCC[C@@H](NC(=O)[C@@H](Cc1ccccc1)NC(=O)[C@@H](Cc1ccccc1)NC(=O)Cc1ccc2ccccc2c1)C(=O)N[C@H]1C(O)O[C@H](CO)[C@@H](O)[C@@H]1O. The molecule has 1 fully saturated rings. The molecule has 4 amide bonds. The van der Waals surface area contributed by atoms with Crippen molar-refractivity contribution in [1.82, 2.24) is 21.3 Å². The second kappa shape index (κ2) is 20.6. The number of aliphatic hydroxyl groups is 4. The molecule has 1 saturated heterocycles. The maximum atomic E-state index is 14.2. The molecule has 0 radical (unpaired) electrons. The summed E-state index contributed by atoms with van der Waals surface area (Å²) in [5, 5.41) is 53.8. The van der Waals surface area contributed by atoms with Crippen LogP contribution in [0.1, 0.15) is 36.0 Å². The third-order valence-electron chi connectivity index (χ3n) is 9.82. The molecular weight excluding hydrogens is 718 g/mol. The van der Waals surface area contributed by atoms with Crippen LogP contribution in [0.15, 0.2) is 103 Å². The lowest BCUT2D eigenvalue weighted by Gasteiger charge is -2.40. The third-order valence-corrected chi connectivity index (χ3v) is 9.82. The van der Waals surface area contributed by atoms with Crippen LogP contribution in [0, 0.1) is 0 Å². The van der Waals surface area contributed by atoms with E-state index in [0.717, 1.165) is 27.5 Å². The van der Waals surface area contributed by atoms with Crippen LogP contribution in [-0.4, -0.2) is 106 Å². The highest BCUT2D eigenvalue weighted by molar-refractivity contribution is 5.95. The van der Waals surface area contributed by atoms with E-state index in [1.807, 2.05) is 78.9 Å². The van der Waals surface area contributed by atoms with Gasteiger partial charge < -0.3 is 52.2 Å². The summed E-state index contributed by atoms with van der Waals surface area (Å²) in [5.74, 6) is -2.48. The average molecular weight is 770 g/mol. The van der Waals surface area contributed by atoms with Crippen LogP contribution in [0.5, 0.6) is 0 Å². The maximum Gasteiger partial charge on any atom is 0.243 e. The average Bonchev–Trinajstić information content (AvgIpc) is 3.20. The molecule has 0 saturated carbocycles. The Hall–Kier alpha value is -5.22. The van der Waals surface area contributed by atoms with E-state index in [1.54, 1.807) is 24.3 Å². The van der Waals surface area contributed by atoms with Gasteiger partial charge in [0.25, 0.3) is 0 Å². The number of hydrogen-bond acceptors (Lipinski definition) is 10. The summed E-state index contributed by atoms with van der Waals surface area (Å²) >= 11 is 0. The molecule has 14 nitrogen and oxygen atoms in total. The fraction of sp³-hybridized carbons (Fsp3) is 0.381. The fourth-order valence-electron chi connectivity index (χ4n) is 6.72. The number of aliphatic hydroxyl groups excluding tert-OH is 4. The molecule has 14 heteroatoms. The van der Waals surface area contributed by atoms with Crippen LogP contribution in [0.3, 0.4) is 0 Å². The Morgan fingerprint density at radius 3 is 1.82 bits per heavy atom. The predicted octanol–water partition coefficient (Wildman–Crippen LogP) is 0.367. The smallest absolute Gasteiger partial charge is 0.243 e. The quantitative estimate of drug-likeness (QED) is 0.0631. The van der Waals surface area contributed by atoms with Crippen molar-refractivity contribution < 1.29 is 44.3 Å². The Labute approximate surface area is 325 Å². The number of nitrogens with two attached hydrogens (primary N) is 1. The van der Waals surface area contributed by atoms with Crippen molar-refractivity contribution in [3.63, 3.8) is 0 Å². The second-order valence-corrected chi connectivity index (χ2v) is 14.0. The van der Waals surface area contributed by atoms with Gasteiger partial charge in [-0.1, -0.05) is 103 Å². The molecule has 8 atom stereocenters. The Bertz CT molecular complexity index is 1900. The number of benzene rings is 4. The molecule has 1 heterocycles. The van der Waals surface area contributed by atoms with Crippen molar-refractivity contribution in [2.24, 2.45) is 5.73 Å². The first kappa shape index (κ1) is 41.9. The number of carbonyl (C=O) groups excluding carboxylic acids is 4. The molecule has 0 spiro atoms. The van der Waals surface area contributed by atoms with Crippen molar-refractivity contribution >= 4 is 34.4 Å². The molecule has 5 rings (SSSR count). The molecule has 4 aromatic rings. The number of rotatable bonds is 18. The Kier molecular flexibility index (Phi) is 15.4. The van der Waals surface area contributed by atoms with Crippen LogP contribution < -0.4 is 27.0 Å². The van der Waals surface area contributed by atoms with E-state index in [2.05, 4.69) is 21.3 Å². The van der Waals surface area contributed by atoms with Crippen molar-refractivity contribution in [1.29, 1.82) is 0 Å². The van der Waals surface area contributed by atoms with Crippen LogP contribution in [0.25, 0.3) is 10.8 Å². The van der Waals surface area contributed by atoms with Crippen LogP contribution in [0.4, 0.5) is 0 Å². The minimum atomic E-state index is -1.77. The summed E-state index contributed by atoms with van der Waals surface area (Å²) in [4.78, 5) is 55.4. The van der Waals surface area contributed by atoms with Crippen LogP contribution >= 0.6 is 0 Å². The normalized spacial score (nSPS) is 21.0. The number of fused-ring (bicyclic) bond motifs is 1. The molecule has 56 heavy (non-hydrogen) atoms. The number of nitrogens with one attached hydrogen (secondary N) is 4. The number of ether oxygens (including phenoxy) is 1. The van der Waals surface area contributed by atoms with Crippen molar-refractivity contribution in [2.45, 2.75) is 87.3 Å². The van der Waals surface area contributed by atoms with E-state index in [0.29, 0.717) is 19.4 Å². The molecular formula is C42H51N5O9. The zero-order valence-electron chi connectivity index (χ0n) is 31.0. The van der Waals surface area contributed by atoms with Gasteiger partial charge in [-0.15, -0.1) is 0 Å². The Balaban J connectivity index is 1.35. The zero-order chi connectivity index (χ0) is 40.0. The van der Waals surface area contributed by atoms with Crippen LogP contribution in [0.2, 0.25) is 0 Å². The molecule has 4 aromatic carbocycles. The highest BCUT2D eigenvalue weighted by Gasteiger charge is 2.45. The second-order valence-electron chi connectivity index (χ2n) is 14.0.